The first-order valence-corrected chi connectivity index (χ1v) is 16.7. The number of aromatic nitrogens is 3. The minimum Gasteiger partial charge on any atom is -0.450 e. The number of aryl methyl sites for hydroxylation is 1. The quantitative estimate of drug-likeness (QED) is 0.353. The molecule has 5 rings (SSSR count). The molecule has 5 atom stereocenters. The zero-order chi connectivity index (χ0) is 31.6. The van der Waals surface area contributed by atoms with Crippen molar-refractivity contribution in [2.75, 3.05) is 13.2 Å². The highest BCUT2D eigenvalue weighted by molar-refractivity contribution is 7.91. The molecule has 4 bridgehead atoms. The van der Waals surface area contributed by atoms with Gasteiger partial charge in [-0.25, -0.2) is 13.2 Å². The summed E-state index contributed by atoms with van der Waals surface area (Å²) in [7, 11) is -3.85. The number of hydrogen-bond donors (Lipinski definition) is 3. The summed E-state index contributed by atoms with van der Waals surface area (Å²) in [6.45, 7) is 8.27. The van der Waals surface area contributed by atoms with E-state index in [4.69, 9.17) is 9.47 Å². The summed E-state index contributed by atoms with van der Waals surface area (Å²) in [4.78, 5) is 55.0. The van der Waals surface area contributed by atoms with Crippen LogP contribution < -0.4 is 15.4 Å². The first-order valence-electron chi connectivity index (χ1n) is 15.2. The average molecular weight is 636 g/mol. The van der Waals surface area contributed by atoms with E-state index in [1.807, 2.05) is 0 Å². The summed E-state index contributed by atoms with van der Waals surface area (Å²) in [5.41, 5.74) is -0.898. The number of amides is 4. The third-order valence-corrected chi connectivity index (χ3v) is 10.4. The molecule has 4 aliphatic rings. The van der Waals surface area contributed by atoms with Gasteiger partial charge in [-0.15, -0.1) is 11.7 Å². The second kappa shape index (κ2) is 12.8. The van der Waals surface area contributed by atoms with Gasteiger partial charge in [-0.1, -0.05) is 25.1 Å². The number of rotatable bonds is 7. The summed E-state index contributed by atoms with van der Waals surface area (Å²) < 4.78 is 40.3. The Kier molecular flexibility index (Phi) is 9.30. The van der Waals surface area contributed by atoms with Crippen LogP contribution in [0.15, 0.2) is 18.9 Å². The predicted molar refractivity (Wildman–Crippen MR) is 155 cm³/mol. The van der Waals surface area contributed by atoms with Crippen LogP contribution in [-0.4, -0.2) is 94.3 Å². The summed E-state index contributed by atoms with van der Waals surface area (Å²) in [5.74, 6) is -2.77. The van der Waals surface area contributed by atoms with Crippen molar-refractivity contribution in [1.82, 2.24) is 35.2 Å². The van der Waals surface area contributed by atoms with E-state index in [2.05, 4.69) is 32.2 Å². The number of nitrogens with one attached hydrogen (secondary N) is 3. The summed E-state index contributed by atoms with van der Waals surface area (Å²) >= 11 is 0. The van der Waals surface area contributed by atoms with Crippen LogP contribution in [0.2, 0.25) is 0 Å². The number of alkyl carbamates (subject to hydrolysis) is 1. The van der Waals surface area contributed by atoms with Crippen molar-refractivity contribution >= 4 is 33.8 Å². The van der Waals surface area contributed by atoms with Crippen molar-refractivity contribution in [2.45, 2.75) is 101 Å². The Morgan fingerprint density at radius 3 is 2.68 bits per heavy atom. The molecule has 0 aromatic carbocycles. The lowest BCUT2D eigenvalue weighted by Gasteiger charge is -2.31. The summed E-state index contributed by atoms with van der Waals surface area (Å²) in [6, 6.07) is -2.04. The second-order valence-corrected chi connectivity index (χ2v) is 14.4. The molecule has 1 aromatic heterocycles. The standard InChI is InChI=1S/C28H41N7O8S/c1-4-18-13-28(18,26(38)32-44(40,41)21-8-9-21)30-24(36)22-12-20-15-35(22)25(37)23(17(2)3)29-27(39)42-11-7-5-6-10-34-14-19(16-43-20)31-33-34/h4,14,17-18,20-23H,1,5-13,15-16H2,2-3H3,(H,29,39)(H,30,36)(H,32,38)/t18-,20?,22?,23?,28-/m1/s1. The van der Waals surface area contributed by atoms with E-state index in [1.54, 1.807) is 24.7 Å². The average Bonchev–Trinajstić information content (AvgIpc) is 3.86. The largest absolute Gasteiger partial charge is 0.450 e. The van der Waals surface area contributed by atoms with Crippen molar-refractivity contribution in [2.24, 2.45) is 11.8 Å². The van der Waals surface area contributed by atoms with E-state index in [0.717, 1.165) is 12.8 Å². The third kappa shape index (κ3) is 7.06. The van der Waals surface area contributed by atoms with Crippen molar-refractivity contribution in [3.05, 3.63) is 24.5 Å². The molecule has 15 nitrogen and oxygen atoms in total. The van der Waals surface area contributed by atoms with Gasteiger partial charge in [0.15, 0.2) is 0 Å². The van der Waals surface area contributed by atoms with Crippen molar-refractivity contribution in [3.63, 3.8) is 0 Å². The van der Waals surface area contributed by atoms with Crippen molar-refractivity contribution in [1.29, 1.82) is 0 Å². The van der Waals surface area contributed by atoms with Crippen LogP contribution in [0.4, 0.5) is 4.79 Å². The molecule has 16 heteroatoms. The minimum absolute atomic E-state index is 0.0468. The first kappa shape index (κ1) is 31.9. The van der Waals surface area contributed by atoms with Gasteiger partial charge in [-0.2, -0.15) is 0 Å². The maximum Gasteiger partial charge on any atom is 0.407 e. The molecule has 2 saturated carbocycles. The fourth-order valence-corrected chi connectivity index (χ4v) is 7.09. The molecule has 3 heterocycles. The number of cyclic esters (lactones) is 1. The zero-order valence-corrected chi connectivity index (χ0v) is 25.9. The van der Waals surface area contributed by atoms with E-state index in [9.17, 15) is 27.6 Å². The van der Waals surface area contributed by atoms with Gasteiger partial charge in [0.05, 0.1) is 30.8 Å². The SMILES string of the molecule is C=C[C@@H]1C[C@]1(NC(=O)C1CC2CN1C(=O)C(C(C)C)NC(=O)OCCCCCn1cc(nn1)CO2)C(=O)NS(=O)(=O)C1CC1. The van der Waals surface area contributed by atoms with Gasteiger partial charge in [-0.05, 0) is 44.4 Å². The number of carbonyl (C=O) groups excluding carboxylic acids is 4. The highest BCUT2D eigenvalue weighted by Crippen LogP contribution is 2.45. The Balaban J connectivity index is 1.37. The van der Waals surface area contributed by atoms with Crippen LogP contribution in [0.25, 0.3) is 0 Å². The minimum atomic E-state index is -3.85. The van der Waals surface area contributed by atoms with Gasteiger partial charge in [0.2, 0.25) is 21.8 Å². The monoisotopic (exact) mass is 635 g/mol. The molecule has 3 unspecified atom stereocenters. The van der Waals surface area contributed by atoms with E-state index in [1.165, 1.54) is 11.0 Å². The molecule has 1 aromatic rings. The number of hydrogen-bond acceptors (Lipinski definition) is 10. The van der Waals surface area contributed by atoms with Gasteiger partial charge in [0.1, 0.15) is 23.3 Å². The fourth-order valence-electron chi connectivity index (χ4n) is 5.72. The highest BCUT2D eigenvalue weighted by atomic mass is 32.2. The van der Waals surface area contributed by atoms with Crippen molar-refractivity contribution < 1.29 is 37.1 Å². The Hall–Kier alpha value is -3.53. The molecule has 2 aliphatic carbocycles. The predicted octanol–water partition coefficient (Wildman–Crippen LogP) is 0.368. The van der Waals surface area contributed by atoms with Gasteiger partial charge in [0.25, 0.3) is 5.91 Å². The molecule has 44 heavy (non-hydrogen) atoms. The molecule has 2 aliphatic heterocycles. The topological polar surface area (TPSA) is 191 Å². The van der Waals surface area contributed by atoms with Crippen molar-refractivity contribution in [3.8, 4) is 0 Å². The van der Waals surface area contributed by atoms with Crippen LogP contribution in [-0.2, 0) is 47.0 Å². The molecular weight excluding hydrogens is 594 g/mol. The third-order valence-electron chi connectivity index (χ3n) is 8.62. The number of ether oxygens (including phenoxy) is 2. The Labute approximate surface area is 256 Å². The molecule has 242 valence electrons. The number of fused-ring (bicyclic) bond motifs is 4. The van der Waals surface area contributed by atoms with Gasteiger partial charge < -0.3 is 25.0 Å². The van der Waals surface area contributed by atoms with Crippen LogP contribution >= 0.6 is 0 Å². The lowest BCUT2D eigenvalue weighted by Crippen LogP contribution is -2.59. The van der Waals surface area contributed by atoms with Gasteiger partial charge in [-0.3, -0.25) is 23.8 Å². The molecule has 0 spiro atoms. The molecular formula is C28H41N7O8S. The molecule has 3 N–H and O–H groups in total. The second-order valence-electron chi connectivity index (χ2n) is 12.4. The van der Waals surface area contributed by atoms with E-state index < -0.39 is 68.7 Å². The van der Waals surface area contributed by atoms with Crippen LogP contribution in [0, 0.1) is 11.8 Å². The molecule has 1 saturated heterocycles. The van der Waals surface area contributed by atoms with Crippen LogP contribution in [0.5, 0.6) is 0 Å². The maximum absolute atomic E-state index is 13.9. The number of nitrogens with zero attached hydrogens (tertiary/aromatic N) is 4. The number of carbonyl (C=O) groups is 4. The fraction of sp³-hybridized carbons (Fsp3) is 0.714. The van der Waals surface area contributed by atoms with E-state index >= 15 is 0 Å². The maximum atomic E-state index is 13.9. The Morgan fingerprint density at radius 1 is 1.23 bits per heavy atom. The van der Waals surface area contributed by atoms with Crippen LogP contribution in [0.3, 0.4) is 0 Å². The van der Waals surface area contributed by atoms with Crippen LogP contribution in [0.1, 0.15) is 64.5 Å². The normalized spacial score (nSPS) is 30.0. The molecule has 3 fully saturated rings. The van der Waals surface area contributed by atoms with Gasteiger partial charge >= 0.3 is 6.09 Å². The molecule has 0 radical (unpaired) electrons. The lowest BCUT2D eigenvalue weighted by molar-refractivity contribution is -0.141. The van der Waals surface area contributed by atoms with E-state index in [0.29, 0.717) is 31.5 Å². The number of sulfonamides is 1. The summed E-state index contributed by atoms with van der Waals surface area (Å²) in [5, 5.41) is 13.1. The zero-order valence-electron chi connectivity index (χ0n) is 25.1. The van der Waals surface area contributed by atoms with E-state index in [-0.39, 0.29) is 38.5 Å². The lowest BCUT2D eigenvalue weighted by atomic mass is 10.0. The molecule has 4 amide bonds. The Morgan fingerprint density at radius 2 is 2.00 bits per heavy atom. The Bertz CT molecular complexity index is 1390. The van der Waals surface area contributed by atoms with Gasteiger partial charge in [0, 0.05) is 25.4 Å². The first-order chi connectivity index (χ1) is 20.9. The smallest absolute Gasteiger partial charge is 0.407 e. The summed E-state index contributed by atoms with van der Waals surface area (Å²) in [6.07, 6.45) is 5.48. The highest BCUT2D eigenvalue weighted by Gasteiger charge is 2.62.